The Balaban J connectivity index is 1.65. The van der Waals surface area contributed by atoms with Crippen LogP contribution in [-0.4, -0.2) is 43.3 Å². The highest BCUT2D eigenvalue weighted by molar-refractivity contribution is 9.10. The highest BCUT2D eigenvalue weighted by Gasteiger charge is 2.27. The molecular weight excluding hydrogens is 573 g/mol. The third-order valence-corrected chi connectivity index (χ3v) is 8.79. The lowest BCUT2D eigenvalue weighted by Gasteiger charge is -2.26. The lowest BCUT2D eigenvalue weighted by Crippen LogP contribution is -2.36. The maximum Gasteiger partial charge on any atom is 0.322 e. The standard InChI is InChI=1S/C28H31BrFN3O4S/c1-3-32(19-21-17-22(29)10-12-25(21)30)28(34)31-26-18-24(38(35,36)33-14-5-4-6-15-33)11-13-27(26)37-23-9-7-8-20(2)16-23/h7-13,16-18H,3-6,14-15,19H2,1-2H3,(H,31,34). The van der Waals surface area contributed by atoms with Gasteiger partial charge in [-0.1, -0.05) is 34.5 Å². The fourth-order valence-electron chi connectivity index (χ4n) is 4.31. The molecule has 1 aliphatic heterocycles. The van der Waals surface area contributed by atoms with E-state index in [2.05, 4.69) is 21.2 Å². The molecule has 202 valence electrons. The van der Waals surface area contributed by atoms with Crippen molar-refractivity contribution in [2.24, 2.45) is 0 Å². The summed E-state index contributed by atoms with van der Waals surface area (Å²) in [4.78, 5) is 14.8. The normalized spacial score (nSPS) is 14.2. The van der Waals surface area contributed by atoms with E-state index in [1.165, 1.54) is 27.4 Å². The minimum Gasteiger partial charge on any atom is -0.455 e. The summed E-state index contributed by atoms with van der Waals surface area (Å²) in [6.45, 7) is 4.99. The number of anilines is 1. The number of carbonyl (C=O) groups excluding carboxylic acids is 1. The number of ether oxygens (including phenoxy) is 1. The van der Waals surface area contributed by atoms with Crippen molar-refractivity contribution >= 4 is 37.7 Å². The second-order valence-electron chi connectivity index (χ2n) is 9.22. The number of piperidine rings is 1. The average molecular weight is 605 g/mol. The summed E-state index contributed by atoms with van der Waals surface area (Å²) in [5, 5.41) is 2.81. The summed E-state index contributed by atoms with van der Waals surface area (Å²) in [5.41, 5.74) is 1.56. The summed E-state index contributed by atoms with van der Waals surface area (Å²) >= 11 is 3.34. The van der Waals surface area contributed by atoms with Gasteiger partial charge in [0.2, 0.25) is 10.0 Å². The SMILES string of the molecule is CCN(Cc1cc(Br)ccc1F)C(=O)Nc1cc(S(=O)(=O)N2CCCCC2)ccc1Oc1cccc(C)c1. The molecule has 10 heteroatoms. The van der Waals surface area contributed by atoms with Crippen LogP contribution in [0.3, 0.4) is 0 Å². The number of benzene rings is 3. The number of urea groups is 1. The average Bonchev–Trinajstić information content (AvgIpc) is 2.90. The lowest BCUT2D eigenvalue weighted by molar-refractivity contribution is 0.211. The van der Waals surface area contributed by atoms with Crippen LogP contribution in [0.4, 0.5) is 14.9 Å². The number of hydrogen-bond acceptors (Lipinski definition) is 4. The van der Waals surface area contributed by atoms with E-state index in [-0.39, 0.29) is 17.1 Å². The number of carbonyl (C=O) groups is 1. The Morgan fingerprint density at radius 3 is 2.55 bits per heavy atom. The van der Waals surface area contributed by atoms with Crippen molar-refractivity contribution in [1.29, 1.82) is 0 Å². The van der Waals surface area contributed by atoms with Crippen LogP contribution < -0.4 is 10.1 Å². The van der Waals surface area contributed by atoms with E-state index in [4.69, 9.17) is 4.74 Å². The van der Waals surface area contributed by atoms with Crippen LogP contribution >= 0.6 is 15.9 Å². The summed E-state index contributed by atoms with van der Waals surface area (Å²) in [6, 6.07) is 16.0. The first-order valence-corrected chi connectivity index (χ1v) is 14.8. The van der Waals surface area contributed by atoms with Gasteiger partial charge in [0.1, 0.15) is 11.6 Å². The zero-order chi connectivity index (χ0) is 27.3. The first-order valence-electron chi connectivity index (χ1n) is 12.6. The van der Waals surface area contributed by atoms with E-state index >= 15 is 0 Å². The van der Waals surface area contributed by atoms with Crippen molar-refractivity contribution in [3.05, 3.63) is 82.1 Å². The first-order chi connectivity index (χ1) is 18.2. The van der Waals surface area contributed by atoms with Gasteiger partial charge in [-0.15, -0.1) is 0 Å². The van der Waals surface area contributed by atoms with Gasteiger partial charge in [0.05, 0.1) is 17.1 Å². The maximum atomic E-state index is 14.4. The Labute approximate surface area is 231 Å². The second-order valence-corrected chi connectivity index (χ2v) is 12.1. The highest BCUT2D eigenvalue weighted by atomic mass is 79.9. The fraction of sp³-hybridized carbons (Fsp3) is 0.321. The van der Waals surface area contributed by atoms with E-state index in [9.17, 15) is 17.6 Å². The van der Waals surface area contributed by atoms with Crippen LogP contribution in [0, 0.1) is 12.7 Å². The molecule has 1 heterocycles. The van der Waals surface area contributed by atoms with Crippen LogP contribution in [-0.2, 0) is 16.6 Å². The van der Waals surface area contributed by atoms with Gasteiger partial charge >= 0.3 is 6.03 Å². The van der Waals surface area contributed by atoms with E-state index < -0.39 is 21.9 Å². The maximum absolute atomic E-state index is 14.4. The molecule has 7 nitrogen and oxygen atoms in total. The monoisotopic (exact) mass is 603 g/mol. The quantitative estimate of drug-likeness (QED) is 0.303. The van der Waals surface area contributed by atoms with Gasteiger partial charge in [-0.3, -0.25) is 0 Å². The number of nitrogens with one attached hydrogen (secondary N) is 1. The second kappa shape index (κ2) is 12.3. The van der Waals surface area contributed by atoms with Gasteiger partial charge in [-0.05, 0) is 80.8 Å². The molecule has 38 heavy (non-hydrogen) atoms. The number of halogens is 2. The first kappa shape index (κ1) is 28.1. The minimum absolute atomic E-state index is 0.0352. The Hall–Kier alpha value is -2.95. The molecule has 0 aromatic heterocycles. The molecule has 0 unspecified atom stereocenters. The minimum atomic E-state index is -3.74. The molecule has 0 atom stereocenters. The van der Waals surface area contributed by atoms with E-state index in [0.29, 0.717) is 41.2 Å². The summed E-state index contributed by atoms with van der Waals surface area (Å²) in [5.74, 6) is 0.430. The number of hydrogen-bond donors (Lipinski definition) is 1. The summed E-state index contributed by atoms with van der Waals surface area (Å²) in [6.07, 6.45) is 2.63. The summed E-state index contributed by atoms with van der Waals surface area (Å²) < 4.78 is 49.3. The van der Waals surface area contributed by atoms with Crippen molar-refractivity contribution in [2.45, 2.75) is 44.6 Å². The van der Waals surface area contributed by atoms with Crippen LogP contribution in [0.25, 0.3) is 0 Å². The zero-order valence-corrected chi connectivity index (χ0v) is 23.8. The number of nitrogens with zero attached hydrogens (tertiary/aromatic N) is 2. The molecule has 1 aliphatic rings. The van der Waals surface area contributed by atoms with Gasteiger partial charge in [0.25, 0.3) is 0 Å². The third-order valence-electron chi connectivity index (χ3n) is 6.40. The molecule has 0 bridgehead atoms. The van der Waals surface area contributed by atoms with Crippen LogP contribution in [0.2, 0.25) is 0 Å². The van der Waals surface area contributed by atoms with Crippen LogP contribution in [0.1, 0.15) is 37.3 Å². The van der Waals surface area contributed by atoms with Crippen molar-refractivity contribution in [3.8, 4) is 11.5 Å². The van der Waals surface area contributed by atoms with E-state index in [0.717, 1.165) is 24.8 Å². The van der Waals surface area contributed by atoms with Crippen molar-refractivity contribution in [2.75, 3.05) is 25.0 Å². The molecule has 1 fully saturated rings. The molecule has 3 aromatic carbocycles. The van der Waals surface area contributed by atoms with E-state index in [1.54, 1.807) is 31.2 Å². The molecule has 0 aliphatic carbocycles. The van der Waals surface area contributed by atoms with Gasteiger partial charge in [-0.2, -0.15) is 4.31 Å². The molecule has 4 rings (SSSR count). The van der Waals surface area contributed by atoms with Gasteiger partial charge in [0, 0.05) is 29.7 Å². The third kappa shape index (κ3) is 6.73. The molecule has 0 radical (unpaired) electrons. The van der Waals surface area contributed by atoms with E-state index in [1.807, 2.05) is 25.1 Å². The van der Waals surface area contributed by atoms with Crippen molar-refractivity contribution in [3.63, 3.8) is 0 Å². The fourth-order valence-corrected chi connectivity index (χ4v) is 6.26. The largest absolute Gasteiger partial charge is 0.455 e. The molecular formula is C28H31BrFN3O4S. The molecule has 2 amide bonds. The van der Waals surface area contributed by atoms with Crippen LogP contribution in [0.5, 0.6) is 11.5 Å². The lowest BCUT2D eigenvalue weighted by atomic mass is 10.2. The number of aryl methyl sites for hydroxylation is 1. The number of amides is 2. The number of sulfonamides is 1. The molecule has 0 saturated carbocycles. The Morgan fingerprint density at radius 2 is 1.84 bits per heavy atom. The van der Waals surface area contributed by atoms with Gasteiger partial charge in [-0.25, -0.2) is 17.6 Å². The summed E-state index contributed by atoms with van der Waals surface area (Å²) in [7, 11) is -3.74. The molecule has 1 N–H and O–H groups in total. The topological polar surface area (TPSA) is 79.0 Å². The van der Waals surface area contributed by atoms with Crippen LogP contribution in [0.15, 0.2) is 70.0 Å². The highest BCUT2D eigenvalue weighted by Crippen LogP contribution is 2.34. The molecule has 0 spiro atoms. The van der Waals surface area contributed by atoms with Gasteiger partial charge in [0.15, 0.2) is 5.75 Å². The predicted octanol–water partition coefficient (Wildman–Crippen LogP) is 6.92. The smallest absolute Gasteiger partial charge is 0.322 e. The molecule has 1 saturated heterocycles. The Kier molecular flexibility index (Phi) is 9.07. The molecule has 3 aromatic rings. The number of rotatable bonds is 8. The van der Waals surface area contributed by atoms with Gasteiger partial charge < -0.3 is 15.0 Å². The predicted molar refractivity (Wildman–Crippen MR) is 150 cm³/mol. The Bertz CT molecular complexity index is 1410. The zero-order valence-electron chi connectivity index (χ0n) is 21.4. The van der Waals surface area contributed by atoms with Crippen molar-refractivity contribution in [1.82, 2.24) is 9.21 Å². The van der Waals surface area contributed by atoms with Crippen molar-refractivity contribution < 1.29 is 22.3 Å². The Morgan fingerprint density at radius 1 is 1.08 bits per heavy atom.